The lowest BCUT2D eigenvalue weighted by Crippen LogP contribution is -2.30. The van der Waals surface area contributed by atoms with Gasteiger partial charge in [0.25, 0.3) is 0 Å². The summed E-state index contributed by atoms with van der Waals surface area (Å²) >= 11 is 0. The second-order valence-corrected chi connectivity index (χ2v) is 8.34. The maximum absolute atomic E-state index is 12.6. The van der Waals surface area contributed by atoms with Crippen LogP contribution in [0.3, 0.4) is 0 Å². The number of anilines is 1. The first-order valence-electron chi connectivity index (χ1n) is 11.4. The van der Waals surface area contributed by atoms with Gasteiger partial charge in [-0.05, 0) is 71.4 Å². The second kappa shape index (κ2) is 9.49. The van der Waals surface area contributed by atoms with Gasteiger partial charge in [0.2, 0.25) is 5.91 Å². The van der Waals surface area contributed by atoms with Crippen molar-refractivity contribution in [2.24, 2.45) is 0 Å². The summed E-state index contributed by atoms with van der Waals surface area (Å²) in [6.45, 7) is 9.75. The van der Waals surface area contributed by atoms with Crippen molar-refractivity contribution in [3.05, 3.63) is 89.0 Å². The zero-order valence-corrected chi connectivity index (χ0v) is 18.9. The number of rotatable bonds is 5. The van der Waals surface area contributed by atoms with Crippen molar-refractivity contribution >= 4 is 11.6 Å². The molecule has 0 bridgehead atoms. The van der Waals surface area contributed by atoms with Crippen LogP contribution in [0.15, 0.2) is 66.7 Å². The Bertz CT molecular complexity index is 1070. The molecule has 0 spiro atoms. The Morgan fingerprint density at radius 3 is 2.35 bits per heavy atom. The Morgan fingerprint density at radius 1 is 0.871 bits per heavy atom. The van der Waals surface area contributed by atoms with E-state index in [0.29, 0.717) is 6.54 Å². The Labute approximate surface area is 186 Å². The number of amides is 1. The average molecular weight is 413 g/mol. The van der Waals surface area contributed by atoms with E-state index in [2.05, 4.69) is 79.4 Å². The molecule has 3 heteroatoms. The topological polar surface area (TPSA) is 23.6 Å². The van der Waals surface area contributed by atoms with Crippen LogP contribution in [0, 0.1) is 0 Å². The molecule has 1 heterocycles. The van der Waals surface area contributed by atoms with Crippen molar-refractivity contribution in [1.82, 2.24) is 4.90 Å². The fraction of sp³-hybridized carbons (Fsp3) is 0.321. The van der Waals surface area contributed by atoms with Crippen LogP contribution < -0.4 is 4.90 Å². The molecule has 4 rings (SSSR count). The summed E-state index contributed by atoms with van der Waals surface area (Å²) in [5, 5.41) is 0. The van der Waals surface area contributed by atoms with Crippen LogP contribution in [0.25, 0.3) is 11.1 Å². The molecule has 3 nitrogen and oxygen atoms in total. The first-order chi connectivity index (χ1) is 15.1. The van der Waals surface area contributed by atoms with E-state index in [1.54, 1.807) is 6.92 Å². The molecule has 3 aromatic rings. The monoisotopic (exact) mass is 412 g/mol. The van der Waals surface area contributed by atoms with Crippen LogP contribution >= 0.6 is 0 Å². The first-order valence-corrected chi connectivity index (χ1v) is 11.4. The van der Waals surface area contributed by atoms with Crippen LogP contribution in [0.4, 0.5) is 5.69 Å². The van der Waals surface area contributed by atoms with Crippen LogP contribution in [-0.2, 0) is 30.7 Å². The molecule has 0 radical (unpaired) electrons. The number of carbonyl (C=O) groups is 1. The molecule has 1 amide bonds. The van der Waals surface area contributed by atoms with Crippen LogP contribution in [0.5, 0.6) is 0 Å². The smallest absolute Gasteiger partial charge is 0.224 e. The molecule has 1 aliphatic heterocycles. The quantitative estimate of drug-likeness (QED) is 0.525. The highest BCUT2D eigenvalue weighted by Gasteiger charge is 2.21. The molecular weight excluding hydrogens is 380 g/mol. The Morgan fingerprint density at radius 2 is 1.58 bits per heavy atom. The van der Waals surface area contributed by atoms with E-state index in [-0.39, 0.29) is 5.91 Å². The maximum atomic E-state index is 12.6. The Kier molecular flexibility index (Phi) is 6.53. The van der Waals surface area contributed by atoms with Crippen molar-refractivity contribution in [3.8, 4) is 11.1 Å². The summed E-state index contributed by atoms with van der Waals surface area (Å²) in [5.74, 6) is 0.0904. The Hall–Kier alpha value is -2.91. The van der Waals surface area contributed by atoms with E-state index in [4.69, 9.17) is 0 Å². The van der Waals surface area contributed by atoms with Gasteiger partial charge in [-0.2, -0.15) is 0 Å². The predicted octanol–water partition coefficient (Wildman–Crippen LogP) is 5.85. The average Bonchev–Trinajstić information content (AvgIpc) is 2.79. The summed E-state index contributed by atoms with van der Waals surface area (Å²) in [4.78, 5) is 16.9. The zero-order chi connectivity index (χ0) is 21.8. The fourth-order valence-electron chi connectivity index (χ4n) is 4.60. The molecule has 31 heavy (non-hydrogen) atoms. The van der Waals surface area contributed by atoms with Gasteiger partial charge in [-0.15, -0.1) is 0 Å². The highest BCUT2D eigenvalue weighted by Crippen LogP contribution is 2.32. The van der Waals surface area contributed by atoms with Gasteiger partial charge in [0.15, 0.2) is 0 Å². The number of benzene rings is 3. The molecule has 0 unspecified atom stereocenters. The molecule has 3 aromatic carbocycles. The van der Waals surface area contributed by atoms with Gasteiger partial charge in [-0.25, -0.2) is 0 Å². The number of hydrogen-bond donors (Lipinski definition) is 0. The minimum absolute atomic E-state index is 0.0904. The maximum Gasteiger partial charge on any atom is 0.224 e. The predicted molar refractivity (Wildman–Crippen MR) is 129 cm³/mol. The number of carbonyl (C=O) groups excluding carboxylic acids is 1. The number of fused-ring (bicyclic) bond motifs is 2. The van der Waals surface area contributed by atoms with Crippen molar-refractivity contribution in [2.75, 3.05) is 18.0 Å². The highest BCUT2D eigenvalue weighted by molar-refractivity contribution is 5.92. The molecule has 0 saturated carbocycles. The van der Waals surface area contributed by atoms with E-state index in [1.807, 2.05) is 11.0 Å². The van der Waals surface area contributed by atoms with Crippen LogP contribution in [-0.4, -0.2) is 23.9 Å². The van der Waals surface area contributed by atoms with Gasteiger partial charge in [0, 0.05) is 19.2 Å². The van der Waals surface area contributed by atoms with Crippen LogP contribution in [0.2, 0.25) is 0 Å². The molecular formula is C28H32N2O. The molecule has 0 N–H and O–H groups in total. The highest BCUT2D eigenvalue weighted by atomic mass is 16.2. The summed E-state index contributed by atoms with van der Waals surface area (Å²) in [7, 11) is 0. The minimum Gasteiger partial charge on any atom is -0.308 e. The van der Waals surface area contributed by atoms with Gasteiger partial charge in [0.1, 0.15) is 0 Å². The standard InChI is InChI=1S/C28H32N2O/c1-4-29(5-2)19-25-11-6-8-12-27(25)24-17-15-22-14-16-23-10-7-9-13-28(23)30(21(3)31)20-26(22)18-24/h6-13,15,17-18H,4-5,14,16,19-20H2,1-3H3. The normalized spacial score (nSPS) is 13.4. The lowest BCUT2D eigenvalue weighted by molar-refractivity contribution is -0.116. The van der Waals surface area contributed by atoms with Crippen LogP contribution in [0.1, 0.15) is 43.0 Å². The molecule has 0 aromatic heterocycles. The summed E-state index contributed by atoms with van der Waals surface area (Å²) in [5.41, 5.74) is 8.76. The lowest BCUT2D eigenvalue weighted by Gasteiger charge is -2.28. The third-order valence-corrected chi connectivity index (χ3v) is 6.48. The van der Waals surface area contributed by atoms with Crippen molar-refractivity contribution in [1.29, 1.82) is 0 Å². The van der Waals surface area contributed by atoms with Gasteiger partial charge in [-0.1, -0.05) is 68.4 Å². The number of aryl methyl sites for hydroxylation is 2. The van der Waals surface area contributed by atoms with Crippen molar-refractivity contribution in [2.45, 2.75) is 46.7 Å². The van der Waals surface area contributed by atoms with Gasteiger partial charge in [-0.3, -0.25) is 9.69 Å². The fourth-order valence-corrected chi connectivity index (χ4v) is 4.60. The van der Waals surface area contributed by atoms with E-state index in [0.717, 1.165) is 38.2 Å². The molecule has 0 saturated heterocycles. The van der Waals surface area contributed by atoms with Crippen molar-refractivity contribution < 1.29 is 4.79 Å². The van der Waals surface area contributed by atoms with Gasteiger partial charge in [0.05, 0.1) is 6.54 Å². The number of hydrogen-bond acceptors (Lipinski definition) is 2. The second-order valence-electron chi connectivity index (χ2n) is 8.34. The Balaban J connectivity index is 1.73. The zero-order valence-electron chi connectivity index (χ0n) is 18.9. The third kappa shape index (κ3) is 4.57. The third-order valence-electron chi connectivity index (χ3n) is 6.48. The molecule has 1 aliphatic rings. The number of nitrogens with zero attached hydrogens (tertiary/aromatic N) is 2. The van der Waals surface area contributed by atoms with E-state index >= 15 is 0 Å². The largest absolute Gasteiger partial charge is 0.308 e. The van der Waals surface area contributed by atoms with E-state index < -0.39 is 0 Å². The summed E-state index contributed by atoms with van der Waals surface area (Å²) in [6.07, 6.45) is 1.95. The SMILES string of the molecule is CCN(CC)Cc1ccccc1-c1ccc2c(c1)CN(C(C)=O)c1ccccc1CC2. The lowest BCUT2D eigenvalue weighted by atomic mass is 9.91. The summed E-state index contributed by atoms with van der Waals surface area (Å²) in [6, 6.07) is 23.9. The van der Waals surface area contributed by atoms with E-state index in [9.17, 15) is 4.79 Å². The van der Waals surface area contributed by atoms with Gasteiger partial charge < -0.3 is 4.90 Å². The minimum atomic E-state index is 0.0904. The van der Waals surface area contributed by atoms with Crippen molar-refractivity contribution in [3.63, 3.8) is 0 Å². The number of para-hydroxylation sites is 1. The molecule has 160 valence electrons. The molecule has 0 fully saturated rings. The first kappa shape index (κ1) is 21.3. The van der Waals surface area contributed by atoms with E-state index in [1.165, 1.54) is 33.4 Å². The molecule has 0 aliphatic carbocycles. The summed E-state index contributed by atoms with van der Waals surface area (Å²) < 4.78 is 0. The van der Waals surface area contributed by atoms with Gasteiger partial charge >= 0.3 is 0 Å². The molecule has 0 atom stereocenters.